The summed E-state index contributed by atoms with van der Waals surface area (Å²) in [5.74, 6) is 3.40. The molecule has 0 aromatic carbocycles. The Morgan fingerprint density at radius 3 is 3.14 bits per heavy atom. The number of halogens is 1. The summed E-state index contributed by atoms with van der Waals surface area (Å²) in [6, 6.07) is 2.54. The van der Waals surface area contributed by atoms with Crippen LogP contribution in [0.4, 0.5) is 5.82 Å². The molecule has 1 aromatic rings. The molecule has 3 nitrogen and oxygen atoms in total. The van der Waals surface area contributed by atoms with Crippen LogP contribution in [0, 0.1) is 0 Å². The molecule has 1 unspecified atom stereocenters. The van der Waals surface area contributed by atoms with Crippen molar-refractivity contribution in [1.29, 1.82) is 0 Å². The van der Waals surface area contributed by atoms with Crippen molar-refractivity contribution >= 4 is 33.5 Å². The zero-order chi connectivity index (χ0) is 9.97. The lowest BCUT2D eigenvalue weighted by Crippen LogP contribution is -2.40. The fourth-order valence-electron chi connectivity index (χ4n) is 1.55. The van der Waals surface area contributed by atoms with Crippen LogP contribution in [0.1, 0.15) is 6.92 Å². The SMILES string of the molecule is CC1CSCCN1c1cc(Br)ncn1. The smallest absolute Gasteiger partial charge is 0.133 e. The highest BCUT2D eigenvalue weighted by molar-refractivity contribution is 9.10. The van der Waals surface area contributed by atoms with Crippen LogP contribution in [0.25, 0.3) is 0 Å². The molecule has 0 amide bonds. The number of thioether (sulfide) groups is 1. The van der Waals surface area contributed by atoms with Gasteiger partial charge in [0.15, 0.2) is 0 Å². The third kappa shape index (κ3) is 2.20. The maximum Gasteiger partial charge on any atom is 0.133 e. The fraction of sp³-hybridized carbons (Fsp3) is 0.556. The molecule has 1 aromatic heterocycles. The Bertz CT molecular complexity index is 321. The molecule has 1 atom stereocenters. The van der Waals surface area contributed by atoms with E-state index in [4.69, 9.17) is 0 Å². The van der Waals surface area contributed by atoms with Crippen LogP contribution in [0.3, 0.4) is 0 Å². The van der Waals surface area contributed by atoms with Gasteiger partial charge in [0.05, 0.1) is 0 Å². The van der Waals surface area contributed by atoms with Crippen LogP contribution < -0.4 is 4.90 Å². The zero-order valence-electron chi connectivity index (χ0n) is 7.98. The maximum atomic E-state index is 4.29. The molecule has 76 valence electrons. The van der Waals surface area contributed by atoms with Gasteiger partial charge in [-0.25, -0.2) is 9.97 Å². The number of hydrogen-bond acceptors (Lipinski definition) is 4. The quantitative estimate of drug-likeness (QED) is 0.734. The van der Waals surface area contributed by atoms with E-state index in [9.17, 15) is 0 Å². The molecule has 0 bridgehead atoms. The van der Waals surface area contributed by atoms with E-state index in [0.717, 1.165) is 17.0 Å². The summed E-state index contributed by atoms with van der Waals surface area (Å²) in [5.41, 5.74) is 0. The van der Waals surface area contributed by atoms with E-state index in [1.807, 2.05) is 17.8 Å². The normalized spacial score (nSPS) is 22.4. The first kappa shape index (κ1) is 10.2. The lowest BCUT2D eigenvalue weighted by Gasteiger charge is -2.33. The number of nitrogens with zero attached hydrogens (tertiary/aromatic N) is 3. The Hall–Kier alpha value is -0.290. The van der Waals surface area contributed by atoms with Crippen LogP contribution in [0.5, 0.6) is 0 Å². The molecule has 0 saturated carbocycles. The third-order valence-electron chi connectivity index (χ3n) is 2.28. The highest BCUT2D eigenvalue weighted by Gasteiger charge is 2.19. The van der Waals surface area contributed by atoms with E-state index >= 15 is 0 Å². The van der Waals surface area contributed by atoms with Crippen molar-refractivity contribution in [2.24, 2.45) is 0 Å². The number of hydrogen-bond donors (Lipinski definition) is 0. The molecule has 1 saturated heterocycles. The molecule has 1 aliphatic heterocycles. The van der Waals surface area contributed by atoms with Crippen molar-refractivity contribution in [3.63, 3.8) is 0 Å². The summed E-state index contributed by atoms with van der Waals surface area (Å²) < 4.78 is 0.855. The van der Waals surface area contributed by atoms with Crippen LogP contribution in [0.15, 0.2) is 17.0 Å². The second kappa shape index (κ2) is 4.49. The molecule has 1 fully saturated rings. The highest BCUT2D eigenvalue weighted by atomic mass is 79.9. The van der Waals surface area contributed by atoms with Crippen LogP contribution >= 0.6 is 27.7 Å². The summed E-state index contributed by atoms with van der Waals surface area (Å²) in [5, 5.41) is 0. The van der Waals surface area contributed by atoms with Gasteiger partial charge in [-0.15, -0.1) is 0 Å². The van der Waals surface area contributed by atoms with E-state index in [1.165, 1.54) is 11.5 Å². The number of aromatic nitrogens is 2. The van der Waals surface area contributed by atoms with Gasteiger partial charge < -0.3 is 4.90 Å². The molecule has 0 radical (unpaired) electrons. The zero-order valence-corrected chi connectivity index (χ0v) is 10.4. The minimum atomic E-state index is 0.565. The topological polar surface area (TPSA) is 29.0 Å². The van der Waals surface area contributed by atoms with Gasteiger partial charge >= 0.3 is 0 Å². The first-order valence-corrected chi connectivity index (χ1v) is 6.54. The minimum Gasteiger partial charge on any atom is -0.352 e. The second-order valence-corrected chi connectivity index (χ2v) is 5.28. The van der Waals surface area contributed by atoms with Gasteiger partial charge in [0.2, 0.25) is 0 Å². The van der Waals surface area contributed by atoms with Crippen LogP contribution in [0.2, 0.25) is 0 Å². The Morgan fingerprint density at radius 1 is 1.57 bits per heavy atom. The van der Waals surface area contributed by atoms with Gasteiger partial charge in [0.1, 0.15) is 16.7 Å². The molecule has 0 N–H and O–H groups in total. The fourth-order valence-corrected chi connectivity index (χ4v) is 2.86. The summed E-state index contributed by atoms with van der Waals surface area (Å²) in [6.07, 6.45) is 1.61. The van der Waals surface area contributed by atoms with Crippen LogP contribution in [-0.4, -0.2) is 34.1 Å². The van der Waals surface area contributed by atoms with Gasteiger partial charge in [-0.3, -0.25) is 0 Å². The van der Waals surface area contributed by atoms with Crippen molar-refractivity contribution in [3.05, 3.63) is 17.0 Å². The molecule has 14 heavy (non-hydrogen) atoms. The van der Waals surface area contributed by atoms with Crippen molar-refractivity contribution < 1.29 is 0 Å². The molecule has 0 aliphatic carbocycles. The van der Waals surface area contributed by atoms with Crippen molar-refractivity contribution in [2.75, 3.05) is 23.0 Å². The second-order valence-electron chi connectivity index (χ2n) is 3.32. The average molecular weight is 274 g/mol. The Labute approximate surface area is 96.4 Å². The molecular weight excluding hydrogens is 262 g/mol. The molecule has 1 aliphatic rings. The standard InChI is InChI=1S/C9H12BrN3S/c1-7-5-14-3-2-13(7)9-4-8(10)11-6-12-9/h4,6-7H,2-3,5H2,1H3. The Balaban J connectivity index is 2.20. The molecule has 5 heteroatoms. The van der Waals surface area contributed by atoms with Gasteiger partial charge in [-0.05, 0) is 22.9 Å². The largest absolute Gasteiger partial charge is 0.352 e. The molecule has 2 rings (SSSR count). The summed E-state index contributed by atoms with van der Waals surface area (Å²) in [7, 11) is 0. The van der Waals surface area contributed by atoms with Crippen molar-refractivity contribution in [1.82, 2.24) is 9.97 Å². The van der Waals surface area contributed by atoms with E-state index in [0.29, 0.717) is 6.04 Å². The number of anilines is 1. The van der Waals surface area contributed by atoms with Gasteiger partial charge in [-0.2, -0.15) is 11.8 Å². The first-order valence-electron chi connectivity index (χ1n) is 4.59. The van der Waals surface area contributed by atoms with E-state index in [2.05, 4.69) is 37.7 Å². The monoisotopic (exact) mass is 273 g/mol. The molecular formula is C9H12BrN3S. The van der Waals surface area contributed by atoms with E-state index in [1.54, 1.807) is 6.33 Å². The summed E-state index contributed by atoms with van der Waals surface area (Å²) in [6.45, 7) is 3.32. The van der Waals surface area contributed by atoms with Crippen molar-refractivity contribution in [2.45, 2.75) is 13.0 Å². The average Bonchev–Trinajstić information content (AvgIpc) is 2.18. The van der Waals surface area contributed by atoms with Crippen molar-refractivity contribution in [3.8, 4) is 0 Å². The van der Waals surface area contributed by atoms with Crippen LogP contribution in [-0.2, 0) is 0 Å². The number of rotatable bonds is 1. The van der Waals surface area contributed by atoms with E-state index in [-0.39, 0.29) is 0 Å². The lowest BCUT2D eigenvalue weighted by molar-refractivity contribution is 0.688. The van der Waals surface area contributed by atoms with Gasteiger partial charge in [0.25, 0.3) is 0 Å². The molecule has 0 spiro atoms. The minimum absolute atomic E-state index is 0.565. The predicted octanol–water partition coefficient (Wildman–Crippen LogP) is 2.18. The maximum absolute atomic E-state index is 4.29. The summed E-state index contributed by atoms with van der Waals surface area (Å²) in [4.78, 5) is 10.7. The van der Waals surface area contributed by atoms with Gasteiger partial charge in [-0.1, -0.05) is 0 Å². The predicted molar refractivity (Wildman–Crippen MR) is 63.9 cm³/mol. The third-order valence-corrected chi connectivity index (χ3v) is 3.90. The summed E-state index contributed by atoms with van der Waals surface area (Å²) >= 11 is 5.37. The van der Waals surface area contributed by atoms with E-state index < -0.39 is 0 Å². The van der Waals surface area contributed by atoms with Gasteiger partial charge in [0, 0.05) is 30.2 Å². The molecule has 2 heterocycles. The lowest BCUT2D eigenvalue weighted by atomic mass is 10.3. The highest BCUT2D eigenvalue weighted by Crippen LogP contribution is 2.23. The Morgan fingerprint density at radius 2 is 2.43 bits per heavy atom. The Kier molecular flexibility index (Phi) is 3.28. The first-order chi connectivity index (χ1) is 6.77.